The number of hydrogen-bond donors (Lipinski definition) is 0. The summed E-state index contributed by atoms with van der Waals surface area (Å²) in [5, 5.41) is 0. The zero-order valence-corrected chi connectivity index (χ0v) is 30.9. The van der Waals surface area contributed by atoms with Gasteiger partial charge in [-0.3, -0.25) is 9.59 Å². The molecule has 0 bridgehead atoms. The van der Waals surface area contributed by atoms with E-state index in [1.54, 1.807) is 11.3 Å². The van der Waals surface area contributed by atoms with Crippen molar-refractivity contribution in [3.8, 4) is 28.3 Å². The van der Waals surface area contributed by atoms with E-state index >= 15 is 0 Å². The molecule has 3 heterocycles. The van der Waals surface area contributed by atoms with Gasteiger partial charge in [-0.15, -0.1) is 11.3 Å². The van der Waals surface area contributed by atoms with Gasteiger partial charge in [0.15, 0.2) is 11.6 Å². The Kier molecular flexibility index (Phi) is 12.4. The number of aromatic nitrogens is 2. The number of carbonyl (C=O) groups is 2. The largest absolute Gasteiger partial charge is 0.494 e. The Morgan fingerprint density at radius 1 is 0.878 bits per heavy atom. The van der Waals surface area contributed by atoms with Crippen molar-refractivity contribution >= 4 is 23.0 Å². The standard InChI is InChI=1S/C41H52N4O3S/c1-7-8-9-10-11-22-48-35-18-16-30(17-19-35)33-25-42-39(43-26-33)31-14-12-29(13-15-31)23-32(40(47)45-27-34(28-45)44(5)6)24-36(46)37-20-21-38(49-37)41(2,3)4/h12-21,25-26,32,34H,7-11,22-24,27-28H2,1-6H3/t32-/m1/s1. The number of hydrogen-bond acceptors (Lipinski definition) is 7. The molecule has 8 heteroatoms. The molecule has 260 valence electrons. The predicted molar refractivity (Wildman–Crippen MR) is 200 cm³/mol. The molecule has 4 aromatic rings. The topological polar surface area (TPSA) is 75.6 Å². The highest BCUT2D eigenvalue weighted by molar-refractivity contribution is 7.14. The molecule has 0 saturated carbocycles. The maximum absolute atomic E-state index is 13.7. The van der Waals surface area contributed by atoms with Gasteiger partial charge >= 0.3 is 0 Å². The van der Waals surface area contributed by atoms with E-state index in [9.17, 15) is 9.59 Å². The summed E-state index contributed by atoms with van der Waals surface area (Å²) < 4.78 is 5.91. The Bertz CT molecular complexity index is 1650. The molecule has 1 saturated heterocycles. The Morgan fingerprint density at radius 2 is 1.53 bits per heavy atom. The smallest absolute Gasteiger partial charge is 0.226 e. The van der Waals surface area contributed by atoms with Gasteiger partial charge in [0.25, 0.3) is 0 Å². The van der Waals surface area contributed by atoms with Crippen molar-refractivity contribution in [3.05, 3.63) is 88.4 Å². The maximum Gasteiger partial charge on any atom is 0.226 e. The van der Waals surface area contributed by atoms with Crippen LogP contribution in [0.4, 0.5) is 0 Å². The lowest BCUT2D eigenvalue weighted by atomic mass is 9.90. The number of thiophene rings is 1. The number of unbranched alkanes of at least 4 members (excludes halogenated alkanes) is 4. The molecule has 0 spiro atoms. The first kappa shape index (κ1) is 36.4. The van der Waals surface area contributed by atoms with Gasteiger partial charge in [0.1, 0.15) is 5.75 Å². The first-order chi connectivity index (χ1) is 23.5. The molecule has 0 aliphatic carbocycles. The summed E-state index contributed by atoms with van der Waals surface area (Å²) in [6, 6.07) is 20.5. The number of benzene rings is 2. The molecule has 1 amide bonds. The summed E-state index contributed by atoms with van der Waals surface area (Å²) in [4.78, 5) is 42.4. The fraction of sp³-hybridized carbons (Fsp3) is 0.463. The average molecular weight is 681 g/mol. The fourth-order valence-electron chi connectivity index (χ4n) is 6.02. The maximum atomic E-state index is 13.7. The van der Waals surface area contributed by atoms with Crippen molar-refractivity contribution in [2.24, 2.45) is 5.92 Å². The highest BCUT2D eigenvalue weighted by Crippen LogP contribution is 2.32. The summed E-state index contributed by atoms with van der Waals surface area (Å²) in [6.07, 6.45) is 10.5. The number of Topliss-reactive ketones (excluding diaryl/α,β-unsaturated/α-hetero) is 1. The SMILES string of the molecule is CCCCCCCOc1ccc(-c2cnc(-c3ccc(C[C@H](CC(=O)c4ccc(C(C)(C)C)s4)C(=O)N4CC(N(C)C)C4)cc3)nc2)cc1. The average Bonchev–Trinajstić information content (AvgIpc) is 3.58. The van der Waals surface area contributed by atoms with Crippen LogP contribution in [0.5, 0.6) is 5.75 Å². The normalized spacial score (nSPS) is 14.1. The number of amides is 1. The van der Waals surface area contributed by atoms with E-state index in [0.717, 1.165) is 45.9 Å². The molecule has 5 rings (SSSR count). The molecular weight excluding hydrogens is 629 g/mol. The molecule has 1 fully saturated rings. The second kappa shape index (κ2) is 16.7. The number of likely N-dealkylation sites (tertiary alicyclic amines) is 1. The van der Waals surface area contributed by atoms with E-state index in [-0.39, 0.29) is 23.5 Å². The van der Waals surface area contributed by atoms with E-state index in [1.807, 2.05) is 92.1 Å². The Hall–Kier alpha value is -3.88. The zero-order valence-electron chi connectivity index (χ0n) is 30.1. The van der Waals surface area contributed by atoms with Gasteiger partial charge in [0.2, 0.25) is 5.91 Å². The van der Waals surface area contributed by atoms with Crippen LogP contribution in [0.25, 0.3) is 22.5 Å². The monoisotopic (exact) mass is 680 g/mol. The third kappa shape index (κ3) is 9.86. The van der Waals surface area contributed by atoms with E-state index < -0.39 is 5.92 Å². The molecule has 49 heavy (non-hydrogen) atoms. The van der Waals surface area contributed by atoms with Crippen molar-refractivity contribution in [2.75, 3.05) is 33.8 Å². The van der Waals surface area contributed by atoms with Gasteiger partial charge in [0, 0.05) is 59.9 Å². The summed E-state index contributed by atoms with van der Waals surface area (Å²) in [5.41, 5.74) is 3.89. The van der Waals surface area contributed by atoms with E-state index in [0.29, 0.717) is 31.4 Å². The van der Waals surface area contributed by atoms with Crippen LogP contribution in [0.3, 0.4) is 0 Å². The minimum atomic E-state index is -0.417. The quantitative estimate of drug-likeness (QED) is 0.0871. The van der Waals surface area contributed by atoms with Crippen LogP contribution in [0.15, 0.2) is 73.1 Å². The molecular formula is C41H52N4O3S. The van der Waals surface area contributed by atoms with E-state index in [2.05, 4.69) is 42.6 Å². The summed E-state index contributed by atoms with van der Waals surface area (Å²) in [5.74, 6) is 1.20. The number of ether oxygens (including phenoxy) is 1. The Labute approximate surface area is 296 Å². The lowest BCUT2D eigenvalue weighted by molar-refractivity contribution is -0.142. The van der Waals surface area contributed by atoms with Gasteiger partial charge in [-0.05, 0) is 67.7 Å². The van der Waals surface area contributed by atoms with Gasteiger partial charge in [-0.2, -0.15) is 0 Å². The van der Waals surface area contributed by atoms with Gasteiger partial charge in [-0.25, -0.2) is 9.97 Å². The number of rotatable bonds is 16. The van der Waals surface area contributed by atoms with Gasteiger partial charge < -0.3 is 14.5 Å². The number of nitrogens with zero attached hydrogens (tertiary/aromatic N) is 4. The van der Waals surface area contributed by atoms with Crippen molar-refractivity contribution in [2.45, 2.75) is 84.1 Å². The van der Waals surface area contributed by atoms with Crippen LogP contribution in [0, 0.1) is 5.92 Å². The molecule has 0 radical (unpaired) electrons. The number of likely N-dealkylation sites (N-methyl/N-ethyl adjacent to an activating group) is 1. The molecule has 1 aliphatic rings. The summed E-state index contributed by atoms with van der Waals surface area (Å²) in [7, 11) is 4.08. The highest BCUT2D eigenvalue weighted by Gasteiger charge is 2.36. The first-order valence-electron chi connectivity index (χ1n) is 17.7. The lowest BCUT2D eigenvalue weighted by Gasteiger charge is -2.44. The van der Waals surface area contributed by atoms with E-state index in [1.165, 1.54) is 30.6 Å². The van der Waals surface area contributed by atoms with Crippen LogP contribution < -0.4 is 4.74 Å². The third-order valence-corrected chi connectivity index (χ3v) is 10.9. The van der Waals surface area contributed by atoms with Crippen molar-refractivity contribution < 1.29 is 14.3 Å². The second-order valence-corrected chi connectivity index (χ2v) is 15.7. The fourth-order valence-corrected chi connectivity index (χ4v) is 7.03. The molecule has 1 atom stereocenters. The zero-order chi connectivity index (χ0) is 35.0. The Morgan fingerprint density at radius 3 is 2.14 bits per heavy atom. The minimum Gasteiger partial charge on any atom is -0.494 e. The molecule has 2 aromatic heterocycles. The molecule has 0 N–H and O–H groups in total. The second-order valence-electron chi connectivity index (χ2n) is 14.6. The predicted octanol–water partition coefficient (Wildman–Crippen LogP) is 8.72. The number of ketones is 1. The minimum absolute atomic E-state index is 0.0171. The van der Waals surface area contributed by atoms with Crippen LogP contribution in [-0.4, -0.2) is 71.3 Å². The number of carbonyl (C=O) groups excluding carboxylic acids is 2. The van der Waals surface area contributed by atoms with Crippen LogP contribution >= 0.6 is 11.3 Å². The molecule has 1 aliphatic heterocycles. The van der Waals surface area contributed by atoms with E-state index in [4.69, 9.17) is 4.74 Å². The highest BCUT2D eigenvalue weighted by atomic mass is 32.1. The third-order valence-electron chi connectivity index (χ3n) is 9.36. The van der Waals surface area contributed by atoms with Crippen LogP contribution in [-0.2, 0) is 16.6 Å². The van der Waals surface area contributed by atoms with Gasteiger partial charge in [-0.1, -0.05) is 89.8 Å². The molecule has 2 aromatic carbocycles. The first-order valence-corrected chi connectivity index (χ1v) is 18.6. The van der Waals surface area contributed by atoms with Crippen molar-refractivity contribution in [1.82, 2.24) is 19.8 Å². The molecule has 7 nitrogen and oxygen atoms in total. The summed E-state index contributed by atoms with van der Waals surface area (Å²) >= 11 is 1.54. The van der Waals surface area contributed by atoms with Crippen molar-refractivity contribution in [3.63, 3.8) is 0 Å². The Balaban J connectivity index is 1.21. The van der Waals surface area contributed by atoms with Gasteiger partial charge in [0.05, 0.1) is 11.5 Å². The van der Waals surface area contributed by atoms with Crippen LogP contribution in [0.1, 0.15) is 86.3 Å². The van der Waals surface area contributed by atoms with Crippen LogP contribution in [0.2, 0.25) is 0 Å². The lowest BCUT2D eigenvalue weighted by Crippen LogP contribution is -2.60. The van der Waals surface area contributed by atoms with Crippen molar-refractivity contribution in [1.29, 1.82) is 0 Å². The molecule has 0 unspecified atom stereocenters. The summed E-state index contributed by atoms with van der Waals surface area (Å²) in [6.45, 7) is 10.8.